The number of ketones is 1. The molecule has 0 aliphatic heterocycles. The number of carbonyl (C=O) groups is 1. The van der Waals surface area contributed by atoms with E-state index in [2.05, 4.69) is 10.2 Å². The minimum absolute atomic E-state index is 0.0208. The molecule has 36 heavy (non-hydrogen) atoms. The van der Waals surface area contributed by atoms with Crippen molar-refractivity contribution in [3.05, 3.63) is 72.3 Å². The summed E-state index contributed by atoms with van der Waals surface area (Å²) >= 11 is 1.34. The van der Waals surface area contributed by atoms with Gasteiger partial charge in [-0.2, -0.15) is 0 Å². The van der Waals surface area contributed by atoms with Crippen LogP contribution in [0.4, 0.5) is 5.69 Å². The third kappa shape index (κ3) is 5.16. The van der Waals surface area contributed by atoms with Crippen molar-refractivity contribution in [1.29, 1.82) is 0 Å². The predicted octanol–water partition coefficient (Wildman–Crippen LogP) is 5.00. The number of hydrogen-bond donors (Lipinski definition) is 0. The summed E-state index contributed by atoms with van der Waals surface area (Å²) in [6, 6.07) is 21.0. The zero-order chi connectivity index (χ0) is 25.7. The second-order valence-corrected chi connectivity index (χ2v) is 8.99. The number of rotatable bonds is 10. The van der Waals surface area contributed by atoms with Gasteiger partial charge in [-0.15, -0.1) is 10.2 Å². The summed E-state index contributed by atoms with van der Waals surface area (Å²) in [5.41, 5.74) is 3.32. The first kappa shape index (κ1) is 25.1. The van der Waals surface area contributed by atoms with Gasteiger partial charge in [0.2, 0.25) is 5.75 Å². The molecule has 8 nitrogen and oxygen atoms in total. The number of benzene rings is 3. The quantitative estimate of drug-likeness (QED) is 0.221. The molecule has 0 bridgehead atoms. The first-order valence-corrected chi connectivity index (χ1v) is 12.2. The van der Waals surface area contributed by atoms with Gasteiger partial charge in [0, 0.05) is 36.6 Å². The first-order valence-electron chi connectivity index (χ1n) is 11.2. The van der Waals surface area contributed by atoms with Crippen molar-refractivity contribution in [3.8, 4) is 34.3 Å². The van der Waals surface area contributed by atoms with Crippen LogP contribution in [0.25, 0.3) is 17.1 Å². The minimum atomic E-state index is 0.0208. The Morgan fingerprint density at radius 3 is 2.08 bits per heavy atom. The smallest absolute Gasteiger partial charge is 0.203 e. The number of aromatic nitrogens is 3. The maximum Gasteiger partial charge on any atom is 0.203 e. The Labute approximate surface area is 214 Å². The number of methoxy groups -OCH3 is 3. The Kier molecular flexibility index (Phi) is 7.80. The van der Waals surface area contributed by atoms with Gasteiger partial charge in [-0.25, -0.2) is 0 Å². The minimum Gasteiger partial charge on any atom is -0.493 e. The van der Waals surface area contributed by atoms with E-state index in [-0.39, 0.29) is 11.5 Å². The van der Waals surface area contributed by atoms with E-state index in [0.29, 0.717) is 33.8 Å². The molecule has 0 atom stereocenters. The lowest BCUT2D eigenvalue weighted by Gasteiger charge is -2.16. The van der Waals surface area contributed by atoms with Crippen LogP contribution >= 0.6 is 11.8 Å². The first-order chi connectivity index (χ1) is 17.5. The van der Waals surface area contributed by atoms with Gasteiger partial charge in [-0.05, 0) is 36.4 Å². The van der Waals surface area contributed by atoms with Crippen molar-refractivity contribution >= 4 is 23.2 Å². The lowest BCUT2D eigenvalue weighted by atomic mass is 10.1. The van der Waals surface area contributed by atoms with Crippen molar-refractivity contribution in [2.75, 3.05) is 46.1 Å². The lowest BCUT2D eigenvalue weighted by molar-refractivity contribution is 0.102. The van der Waals surface area contributed by atoms with E-state index in [1.54, 1.807) is 21.3 Å². The highest BCUT2D eigenvalue weighted by Crippen LogP contribution is 2.41. The van der Waals surface area contributed by atoms with Gasteiger partial charge in [0.1, 0.15) is 0 Å². The second kappa shape index (κ2) is 11.2. The molecule has 4 aromatic rings. The van der Waals surface area contributed by atoms with Crippen molar-refractivity contribution in [3.63, 3.8) is 0 Å². The summed E-state index contributed by atoms with van der Waals surface area (Å²) in [4.78, 5) is 14.8. The maximum atomic E-state index is 12.8. The van der Waals surface area contributed by atoms with Crippen LogP contribution < -0.4 is 19.1 Å². The summed E-state index contributed by atoms with van der Waals surface area (Å²) in [5, 5.41) is 9.54. The Balaban J connectivity index is 1.78. The van der Waals surface area contributed by atoms with Gasteiger partial charge in [-0.3, -0.25) is 9.36 Å². The predicted molar refractivity (Wildman–Crippen MR) is 142 cm³/mol. The molecule has 0 amide bonds. The molecule has 0 unspecified atom stereocenters. The van der Waals surface area contributed by atoms with Crippen LogP contribution in [0, 0.1) is 0 Å². The molecule has 0 aliphatic rings. The molecule has 0 spiro atoms. The third-order valence-corrected chi connectivity index (χ3v) is 6.54. The van der Waals surface area contributed by atoms with Gasteiger partial charge in [-0.1, -0.05) is 42.1 Å². The Bertz CT molecular complexity index is 1310. The number of ether oxygens (including phenoxy) is 3. The highest BCUT2D eigenvalue weighted by Gasteiger charge is 2.21. The number of carbonyl (C=O) groups excluding carboxylic acids is 1. The third-order valence-electron chi connectivity index (χ3n) is 5.61. The summed E-state index contributed by atoms with van der Waals surface area (Å²) in [7, 11) is 8.69. The standard InChI is InChI=1S/C27H28N4O4S/c1-30(2)20-11-13-21(14-12-20)31-26(19-15-23(33-3)25(35-5)24(16-19)34-4)28-29-27(31)36-17-22(32)18-9-7-6-8-10-18/h6-16H,17H2,1-5H3. The van der Waals surface area contributed by atoms with Crippen molar-refractivity contribution in [2.45, 2.75) is 5.16 Å². The normalized spacial score (nSPS) is 10.7. The van der Waals surface area contributed by atoms with Crippen molar-refractivity contribution in [2.24, 2.45) is 0 Å². The molecule has 9 heteroatoms. The SMILES string of the molecule is COc1cc(-c2nnc(SCC(=O)c3ccccc3)n2-c2ccc(N(C)C)cc2)cc(OC)c1OC. The molecule has 186 valence electrons. The van der Waals surface area contributed by atoms with Crippen LogP contribution in [0.15, 0.2) is 71.9 Å². The van der Waals surface area contributed by atoms with Crippen molar-refractivity contribution in [1.82, 2.24) is 14.8 Å². The highest BCUT2D eigenvalue weighted by atomic mass is 32.2. The van der Waals surface area contributed by atoms with E-state index in [0.717, 1.165) is 16.9 Å². The molecular formula is C27H28N4O4S. The number of thioether (sulfide) groups is 1. The van der Waals surface area contributed by atoms with E-state index in [9.17, 15) is 4.79 Å². The molecule has 0 saturated heterocycles. The largest absolute Gasteiger partial charge is 0.493 e. The van der Waals surface area contributed by atoms with E-state index >= 15 is 0 Å². The van der Waals surface area contributed by atoms with Crippen LogP contribution in [0.5, 0.6) is 17.2 Å². The molecule has 0 radical (unpaired) electrons. The fourth-order valence-corrected chi connectivity index (χ4v) is 4.58. The average molecular weight is 505 g/mol. The highest BCUT2D eigenvalue weighted by molar-refractivity contribution is 7.99. The molecule has 0 aliphatic carbocycles. The Morgan fingerprint density at radius 1 is 0.889 bits per heavy atom. The van der Waals surface area contributed by atoms with E-state index < -0.39 is 0 Å². The van der Waals surface area contributed by atoms with Crippen LogP contribution in [-0.4, -0.2) is 61.7 Å². The molecule has 4 rings (SSSR count). The Hall–Kier alpha value is -3.98. The molecule has 1 aromatic heterocycles. The molecule has 3 aromatic carbocycles. The number of nitrogens with zero attached hydrogens (tertiary/aromatic N) is 4. The number of Topliss-reactive ketones (excluding diaryl/α,β-unsaturated/α-hetero) is 1. The van der Waals surface area contributed by atoms with Crippen LogP contribution in [0.1, 0.15) is 10.4 Å². The fourth-order valence-electron chi connectivity index (χ4n) is 3.73. The summed E-state index contributed by atoms with van der Waals surface area (Å²) in [6.07, 6.45) is 0. The average Bonchev–Trinajstić information content (AvgIpc) is 3.35. The topological polar surface area (TPSA) is 78.7 Å². The van der Waals surface area contributed by atoms with Gasteiger partial charge in [0.15, 0.2) is 28.3 Å². The molecule has 0 fully saturated rings. The van der Waals surface area contributed by atoms with Crippen LogP contribution in [0.2, 0.25) is 0 Å². The monoisotopic (exact) mass is 504 g/mol. The van der Waals surface area contributed by atoms with Gasteiger partial charge < -0.3 is 19.1 Å². The van der Waals surface area contributed by atoms with E-state index in [1.165, 1.54) is 11.8 Å². The van der Waals surface area contributed by atoms with E-state index in [1.807, 2.05) is 90.3 Å². The fraction of sp³-hybridized carbons (Fsp3) is 0.222. The molecule has 0 saturated carbocycles. The zero-order valence-electron chi connectivity index (χ0n) is 20.9. The van der Waals surface area contributed by atoms with Crippen LogP contribution in [-0.2, 0) is 0 Å². The van der Waals surface area contributed by atoms with Gasteiger partial charge in [0.25, 0.3) is 0 Å². The maximum absolute atomic E-state index is 12.8. The second-order valence-electron chi connectivity index (χ2n) is 8.04. The van der Waals surface area contributed by atoms with Gasteiger partial charge >= 0.3 is 0 Å². The lowest BCUT2D eigenvalue weighted by Crippen LogP contribution is -2.09. The molecule has 0 N–H and O–H groups in total. The zero-order valence-corrected chi connectivity index (χ0v) is 21.7. The summed E-state index contributed by atoms with van der Waals surface area (Å²) in [6.45, 7) is 0. The van der Waals surface area contributed by atoms with Gasteiger partial charge in [0.05, 0.1) is 27.1 Å². The van der Waals surface area contributed by atoms with E-state index in [4.69, 9.17) is 14.2 Å². The number of hydrogen-bond acceptors (Lipinski definition) is 8. The Morgan fingerprint density at radius 2 is 1.53 bits per heavy atom. The number of anilines is 1. The van der Waals surface area contributed by atoms with Crippen molar-refractivity contribution < 1.29 is 19.0 Å². The summed E-state index contributed by atoms with van der Waals surface area (Å²) in [5.74, 6) is 2.35. The molecule has 1 heterocycles. The van der Waals surface area contributed by atoms with Crippen LogP contribution in [0.3, 0.4) is 0 Å². The summed E-state index contributed by atoms with van der Waals surface area (Å²) < 4.78 is 18.5. The molecular weight excluding hydrogens is 476 g/mol.